The average Bonchev–Trinajstić information content (AvgIpc) is 2.15. The molecule has 2 aromatic rings. The molecule has 0 aliphatic carbocycles. The van der Waals surface area contributed by atoms with Gasteiger partial charge in [-0.25, -0.2) is 0 Å². The number of fused-ring (bicyclic) bond motifs is 5. The number of ketones is 2. The summed E-state index contributed by atoms with van der Waals surface area (Å²) in [5.41, 5.74) is 6.68. The fraction of sp³-hybridized carbons (Fsp3) is 0.636. The van der Waals surface area contributed by atoms with Gasteiger partial charge in [0.25, 0.3) is 0 Å². The van der Waals surface area contributed by atoms with Crippen LogP contribution in [-0.2, 0) is 80.5 Å². The summed E-state index contributed by atoms with van der Waals surface area (Å²) in [6.45, 7) is 4.07. The van der Waals surface area contributed by atoms with E-state index in [0.717, 1.165) is 9.80 Å². The topological polar surface area (TPSA) is 412 Å². The van der Waals surface area contributed by atoms with E-state index >= 15 is 4.21 Å². The number of likely N-dealkylation sites (tertiary alicyclic amines) is 1. The summed E-state index contributed by atoms with van der Waals surface area (Å²) in [4.78, 5) is 170. The van der Waals surface area contributed by atoms with Gasteiger partial charge in [0.05, 0.1) is 73.5 Å². The summed E-state index contributed by atoms with van der Waals surface area (Å²) in [5, 5.41) is 47.6. The molecule has 4 aliphatic rings. The van der Waals surface area contributed by atoms with Gasteiger partial charge in [-0.05, 0) is 48.6 Å². The van der Waals surface area contributed by atoms with Crippen LogP contribution >= 0.6 is 11.8 Å². The Kier molecular flexibility index (Phi) is 23.9. The van der Waals surface area contributed by atoms with Gasteiger partial charge in [0.1, 0.15) is 28.9 Å². The van der Waals surface area contributed by atoms with Crippen LogP contribution in [0.15, 0.2) is 17.2 Å². The van der Waals surface area contributed by atoms with Gasteiger partial charge in [0, 0.05) is 92.1 Å². The Labute approximate surface area is 492 Å². The number of methoxy groups -OCH3 is 1. The van der Waals surface area contributed by atoms with Crippen LogP contribution < -0.4 is 42.4 Å². The largest absolute Gasteiger partial charge is 0.496 e. The molecular formula is C55H78N10O17S2. The number of rotatable bonds is 18. The van der Waals surface area contributed by atoms with Crippen LogP contribution in [-0.4, -0.2) is 199 Å². The first-order valence-electron chi connectivity index (χ1n) is 28.2. The Bertz CT molecular complexity index is 2880. The molecule has 2 unspecified atom stereocenters. The van der Waals surface area contributed by atoms with Gasteiger partial charge in [-0.15, -0.1) is 0 Å². The summed E-state index contributed by atoms with van der Waals surface area (Å²) in [5.74, 6) is -13.5. The lowest BCUT2D eigenvalue weighted by molar-refractivity contribution is -0.144. The number of benzene rings is 1. The van der Waals surface area contributed by atoms with Gasteiger partial charge in [0.15, 0.2) is 11.6 Å². The van der Waals surface area contributed by atoms with E-state index in [-0.39, 0.29) is 59.9 Å². The highest BCUT2D eigenvalue weighted by Gasteiger charge is 2.45. The molecule has 2 bridgehead atoms. The molecule has 27 nitrogen and oxygen atoms in total. The molecule has 0 spiro atoms. The van der Waals surface area contributed by atoms with Crippen LogP contribution in [0.4, 0.5) is 0 Å². The molecule has 462 valence electrons. The zero-order chi connectivity index (χ0) is 61.7. The first-order chi connectivity index (χ1) is 39.9. The monoisotopic (exact) mass is 1210 g/mol. The highest BCUT2D eigenvalue weighted by Crippen LogP contribution is 2.37. The summed E-state index contributed by atoms with van der Waals surface area (Å²) in [7, 11) is -0.979. The predicted octanol–water partition coefficient (Wildman–Crippen LogP) is -2.52. The number of aliphatic hydroxyl groups is 3. The van der Waals surface area contributed by atoms with Crippen molar-refractivity contribution in [3.8, 4) is 5.75 Å². The first kappa shape index (κ1) is 66.3. The summed E-state index contributed by atoms with van der Waals surface area (Å²) in [6, 6.07) is -3.69. The number of carbonyl (C=O) groups is 12. The van der Waals surface area contributed by atoms with Gasteiger partial charge >= 0.3 is 0 Å². The van der Waals surface area contributed by atoms with E-state index in [1.807, 2.05) is 0 Å². The summed E-state index contributed by atoms with van der Waals surface area (Å²) >= 11 is 1.48. The fourth-order valence-electron chi connectivity index (χ4n) is 10.8. The van der Waals surface area contributed by atoms with Crippen molar-refractivity contribution in [2.45, 2.75) is 139 Å². The number of aromatic amines is 1. The highest BCUT2D eigenvalue weighted by atomic mass is 32.2. The standard InChI is InChI=1S/C55H78N10O17S2/c1-6-27(2)34-18-31(67)21-58-49(75)30-16-35-33-9-10-42(82-5)36(25-83-14-8-7-12-57-44(72)11-13-64-46(74)15-28(3)54(64)79)48(33)63-53(35)84(81)26-38(60-45(73)22-59-50(34)76)51(77)61-37(20-43(56)71)55(80)65-23-32(68)19-39(65)52(78)62-47(40(69)17-30)29(4)41(70)24-66/h9-10,27-30,32,34,37-39,41,47,63,66,68,70H,6-8,11-26H2,1-5H3,(H2,56,71)(H,57,72)(H,58,75)(H,59,76)(H,60,73)(H,61,77)(H,62,78)/t27-,28?,29-,30+,32+,34-,37-,38-,39-,41-,47-,84?/m0/s1. The number of imide groups is 1. The predicted molar refractivity (Wildman–Crippen MR) is 303 cm³/mol. The number of amides is 10. The van der Waals surface area contributed by atoms with E-state index in [1.54, 1.807) is 32.9 Å². The van der Waals surface area contributed by atoms with Crippen molar-refractivity contribution in [1.29, 1.82) is 0 Å². The molecule has 10 amide bonds. The van der Waals surface area contributed by atoms with Gasteiger partial charge in [-0.3, -0.25) is 66.6 Å². The van der Waals surface area contributed by atoms with Crippen molar-refractivity contribution < 1.29 is 81.8 Å². The van der Waals surface area contributed by atoms with Crippen LogP contribution in [0, 0.1) is 29.6 Å². The number of nitrogens with zero attached hydrogens (tertiary/aromatic N) is 2. The zero-order valence-corrected chi connectivity index (χ0v) is 49.4. The minimum Gasteiger partial charge on any atom is -0.496 e. The second kappa shape index (κ2) is 30.3. The van der Waals surface area contributed by atoms with Crippen LogP contribution in [0.1, 0.15) is 96.6 Å². The Morgan fingerprint density at radius 1 is 0.917 bits per heavy atom. The van der Waals surface area contributed by atoms with E-state index in [9.17, 15) is 72.9 Å². The van der Waals surface area contributed by atoms with Crippen LogP contribution in [0.25, 0.3) is 10.9 Å². The van der Waals surface area contributed by atoms with E-state index in [0.29, 0.717) is 53.8 Å². The van der Waals surface area contributed by atoms with Gasteiger partial charge < -0.3 is 67.6 Å². The maximum atomic E-state index is 15.3. The summed E-state index contributed by atoms with van der Waals surface area (Å²) < 4.78 is 21.1. The molecule has 12 atom stereocenters. The lowest BCUT2D eigenvalue weighted by Gasteiger charge is -2.32. The van der Waals surface area contributed by atoms with Crippen LogP contribution in [0.2, 0.25) is 0 Å². The molecule has 4 aliphatic heterocycles. The number of nitrogens with two attached hydrogens (primary N) is 1. The maximum absolute atomic E-state index is 15.3. The second-order valence-corrected chi connectivity index (χ2v) is 24.6. The quantitative estimate of drug-likeness (QED) is 0.0542. The molecular weight excluding hydrogens is 1140 g/mol. The zero-order valence-electron chi connectivity index (χ0n) is 47.8. The van der Waals surface area contributed by atoms with Crippen molar-refractivity contribution >= 4 is 104 Å². The van der Waals surface area contributed by atoms with Gasteiger partial charge in [0.2, 0.25) is 59.1 Å². The van der Waals surface area contributed by atoms with Crippen LogP contribution in [0.3, 0.4) is 0 Å². The van der Waals surface area contributed by atoms with E-state index < -0.39 is 187 Å². The van der Waals surface area contributed by atoms with Crippen molar-refractivity contribution in [3.05, 3.63) is 23.3 Å². The minimum absolute atomic E-state index is 0.00464. The summed E-state index contributed by atoms with van der Waals surface area (Å²) in [6.07, 6.45) is -4.11. The molecule has 29 heteroatoms. The number of nitrogens with one attached hydrogen (secondary N) is 7. The Morgan fingerprint density at radius 2 is 1.64 bits per heavy atom. The molecule has 84 heavy (non-hydrogen) atoms. The third-order valence-corrected chi connectivity index (χ3v) is 18.5. The second-order valence-electron chi connectivity index (χ2n) is 22.0. The Balaban J connectivity index is 1.43. The molecule has 2 saturated heterocycles. The number of aliphatic hydroxyl groups excluding tert-OH is 3. The van der Waals surface area contributed by atoms with Crippen molar-refractivity contribution in [1.82, 2.24) is 46.7 Å². The average molecular weight is 1220 g/mol. The van der Waals surface area contributed by atoms with E-state index in [4.69, 9.17) is 10.5 Å². The third kappa shape index (κ3) is 16.7. The molecule has 1 aromatic heterocycles. The molecule has 0 saturated carbocycles. The van der Waals surface area contributed by atoms with Crippen molar-refractivity contribution in [2.75, 3.05) is 57.9 Å². The lowest BCUT2D eigenvalue weighted by Crippen LogP contribution is -2.60. The lowest BCUT2D eigenvalue weighted by atomic mass is 9.85. The number of carbonyl (C=O) groups excluding carboxylic acids is 12. The maximum Gasteiger partial charge on any atom is 0.246 e. The number of aromatic nitrogens is 1. The number of Topliss-reactive ketones (excluding diaryl/α,β-unsaturated/α-hetero) is 2. The Hall–Kier alpha value is -6.82. The number of hydrogen-bond donors (Lipinski definition) is 11. The molecule has 6 rings (SSSR count). The third-order valence-electron chi connectivity index (χ3n) is 16.0. The fourth-order valence-corrected chi connectivity index (χ4v) is 13.3. The van der Waals surface area contributed by atoms with Gasteiger partial charge in [-0.2, -0.15) is 11.8 Å². The first-order valence-corrected chi connectivity index (χ1v) is 30.7. The van der Waals surface area contributed by atoms with Crippen molar-refractivity contribution in [2.24, 2.45) is 35.3 Å². The minimum atomic E-state index is -2.41. The molecule has 1 aromatic carbocycles. The molecule has 0 radical (unpaired) electrons. The molecule has 5 heterocycles. The van der Waals surface area contributed by atoms with E-state index in [2.05, 4.69) is 36.9 Å². The van der Waals surface area contributed by atoms with Gasteiger partial charge in [-0.1, -0.05) is 34.1 Å². The number of primary amides is 1. The highest BCUT2D eigenvalue weighted by molar-refractivity contribution is 7.98. The number of ether oxygens (including phenoxy) is 1. The normalized spacial score (nSPS) is 26.5. The SMILES string of the molecule is CC[C@H](C)[C@@H]1CC(=O)CNC(=O)[C@H]2CC(=O)[C@H]([C@@H](C)[C@@H](O)CO)NC(=O)[C@@H]3C[C@@H](O)CN3C(=O)[C@H](CC(N)=O)NC(=O)[C@H](CS(=O)c3[nH]c4c(CSCCCCNC(=O)CCN5C(=O)CC(C)C5=O)c(OC)ccc4c3C2)NC(=O)CNC1=O. The Morgan fingerprint density at radius 3 is 2.31 bits per heavy atom. The van der Waals surface area contributed by atoms with Crippen LogP contribution in [0.5, 0.6) is 5.75 Å². The number of thioether (sulfide) groups is 1. The van der Waals surface area contributed by atoms with E-state index in [1.165, 1.54) is 25.8 Å². The molecule has 12 N–H and O–H groups in total. The smallest absolute Gasteiger partial charge is 0.246 e. The number of H-pyrrole nitrogens is 1. The molecule has 2 fully saturated rings. The number of hydrogen-bond acceptors (Lipinski definition) is 18. The van der Waals surface area contributed by atoms with Crippen molar-refractivity contribution in [3.63, 3.8) is 0 Å². The number of unbranched alkanes of at least 4 members (excludes halogenated alkanes) is 1.